The first-order valence-corrected chi connectivity index (χ1v) is 8.88. The number of aliphatic hydroxyl groups excluding tert-OH is 1. The Morgan fingerprint density at radius 3 is 2.61 bits per heavy atom. The van der Waals surface area contributed by atoms with Gasteiger partial charge in [0.15, 0.2) is 0 Å². The van der Waals surface area contributed by atoms with Crippen LogP contribution in [0, 0.1) is 0 Å². The van der Waals surface area contributed by atoms with E-state index < -0.39 is 12.0 Å². The molecule has 0 spiro atoms. The van der Waals surface area contributed by atoms with Crippen LogP contribution in [-0.2, 0) is 14.3 Å². The molecule has 8 nitrogen and oxygen atoms in total. The molecule has 3 rings (SSSR count). The van der Waals surface area contributed by atoms with Gasteiger partial charge in [-0.15, -0.1) is 0 Å². The van der Waals surface area contributed by atoms with E-state index in [-0.39, 0.29) is 39.0 Å². The summed E-state index contributed by atoms with van der Waals surface area (Å²) in [6.07, 6.45) is -0.746. The zero-order chi connectivity index (χ0) is 19.9. The highest BCUT2D eigenvalue weighted by atomic mass is 16.7. The van der Waals surface area contributed by atoms with Gasteiger partial charge in [-0.2, -0.15) is 5.48 Å². The number of nitrogens with one attached hydrogen (secondary N) is 1. The van der Waals surface area contributed by atoms with E-state index in [1.54, 1.807) is 12.1 Å². The zero-order valence-electron chi connectivity index (χ0n) is 15.2. The fourth-order valence-electron chi connectivity index (χ4n) is 3.33. The molecule has 0 radical (unpaired) electrons. The van der Waals surface area contributed by atoms with Gasteiger partial charge < -0.3 is 20.3 Å². The molecule has 1 unspecified atom stereocenters. The number of carbonyl (C=O) groups excluding carboxylic acids is 2. The lowest BCUT2D eigenvalue weighted by atomic mass is 9.93. The van der Waals surface area contributed by atoms with E-state index in [0.29, 0.717) is 5.56 Å². The van der Waals surface area contributed by atoms with Gasteiger partial charge in [-0.3, -0.25) is 9.63 Å². The van der Waals surface area contributed by atoms with Crippen molar-refractivity contribution in [3.05, 3.63) is 59.2 Å². The van der Waals surface area contributed by atoms with Crippen LogP contribution in [0.5, 0.6) is 0 Å². The number of aliphatic hydroxyl groups is 1. The molecule has 2 amide bonds. The quantitative estimate of drug-likeness (QED) is 0.444. The highest BCUT2D eigenvalue weighted by Crippen LogP contribution is 2.46. The summed E-state index contributed by atoms with van der Waals surface area (Å²) in [5.41, 5.74) is 11.8. The Morgan fingerprint density at radius 2 is 1.82 bits per heavy atom. The molecule has 0 saturated heterocycles. The number of ether oxygens (including phenoxy) is 2. The molecule has 2 aromatic rings. The number of rotatable bonds is 9. The molecule has 28 heavy (non-hydrogen) atoms. The number of hydrogen-bond acceptors (Lipinski definition) is 6. The Hall–Kier alpha value is -2.94. The van der Waals surface area contributed by atoms with Crippen LogP contribution < -0.4 is 11.2 Å². The van der Waals surface area contributed by atoms with Crippen LogP contribution in [0.4, 0.5) is 4.79 Å². The Balaban J connectivity index is 1.66. The molecule has 0 aliphatic heterocycles. The summed E-state index contributed by atoms with van der Waals surface area (Å²) in [4.78, 5) is 28.8. The fourth-order valence-corrected chi connectivity index (χ4v) is 3.33. The fraction of sp³-hybridized carbons (Fsp3) is 0.300. The van der Waals surface area contributed by atoms with Crippen molar-refractivity contribution in [1.82, 2.24) is 5.48 Å². The largest absolute Gasteiger partial charge is 0.447 e. The second-order valence-electron chi connectivity index (χ2n) is 6.16. The van der Waals surface area contributed by atoms with Crippen LogP contribution in [0.3, 0.4) is 0 Å². The Morgan fingerprint density at radius 1 is 1.04 bits per heavy atom. The van der Waals surface area contributed by atoms with Gasteiger partial charge in [0.25, 0.3) is 0 Å². The molecular formula is C20H22N2O6. The number of carbonyl (C=O) groups is 2. The summed E-state index contributed by atoms with van der Waals surface area (Å²) in [6.45, 7) is 0.510. The molecule has 0 bridgehead atoms. The molecule has 2 aromatic carbocycles. The summed E-state index contributed by atoms with van der Waals surface area (Å²) >= 11 is 0. The van der Waals surface area contributed by atoms with Crippen LogP contribution in [-0.4, -0.2) is 50.1 Å². The van der Waals surface area contributed by atoms with E-state index in [1.807, 2.05) is 30.3 Å². The Bertz CT molecular complexity index is 854. The minimum atomic E-state index is -0.746. The maximum absolute atomic E-state index is 11.9. The molecule has 0 aromatic heterocycles. The highest BCUT2D eigenvalue weighted by molar-refractivity contribution is 5.98. The molecule has 1 atom stereocenters. The second-order valence-corrected chi connectivity index (χ2v) is 6.16. The molecule has 4 N–H and O–H groups in total. The van der Waals surface area contributed by atoms with Crippen LogP contribution in [0.25, 0.3) is 11.1 Å². The SMILES string of the molecule is NC(=O)c1cccc2c1C(COC(=O)NOCCOCCO)c1ccccc1-2. The third kappa shape index (κ3) is 4.30. The summed E-state index contributed by atoms with van der Waals surface area (Å²) in [5.74, 6) is -0.821. The van der Waals surface area contributed by atoms with Crippen molar-refractivity contribution in [3.63, 3.8) is 0 Å². The van der Waals surface area contributed by atoms with Crippen molar-refractivity contribution in [1.29, 1.82) is 0 Å². The minimum absolute atomic E-state index is 0.0323. The van der Waals surface area contributed by atoms with Gasteiger partial charge in [-0.25, -0.2) is 4.79 Å². The van der Waals surface area contributed by atoms with E-state index >= 15 is 0 Å². The van der Waals surface area contributed by atoms with Crippen molar-refractivity contribution in [3.8, 4) is 11.1 Å². The first-order valence-electron chi connectivity index (χ1n) is 8.88. The number of nitrogens with two attached hydrogens (primary N) is 1. The standard InChI is InChI=1S/C20H22N2O6/c21-19(24)16-7-3-6-15-13-4-1-2-5-14(13)17(18(15)16)12-27-20(25)22-28-11-10-26-9-8-23/h1-7,17,23H,8-12H2,(H2,21,24)(H,22,25). The van der Waals surface area contributed by atoms with Crippen LogP contribution >= 0.6 is 0 Å². The predicted molar refractivity (Wildman–Crippen MR) is 101 cm³/mol. The normalized spacial score (nSPS) is 14.2. The first-order chi connectivity index (χ1) is 13.6. The van der Waals surface area contributed by atoms with Gasteiger partial charge >= 0.3 is 6.09 Å². The predicted octanol–water partition coefficient (Wildman–Crippen LogP) is 1.56. The molecule has 1 aliphatic rings. The smallest absolute Gasteiger partial charge is 0.431 e. The van der Waals surface area contributed by atoms with Crippen molar-refractivity contribution in [2.24, 2.45) is 5.73 Å². The van der Waals surface area contributed by atoms with E-state index in [4.69, 9.17) is 25.2 Å². The lowest BCUT2D eigenvalue weighted by Crippen LogP contribution is -2.28. The van der Waals surface area contributed by atoms with Gasteiger partial charge in [0, 0.05) is 11.5 Å². The number of hydroxylamine groups is 1. The van der Waals surface area contributed by atoms with E-state index in [2.05, 4.69) is 5.48 Å². The average Bonchev–Trinajstić information content (AvgIpc) is 3.03. The van der Waals surface area contributed by atoms with Crippen molar-refractivity contribution in [2.45, 2.75) is 5.92 Å². The molecule has 0 fully saturated rings. The van der Waals surface area contributed by atoms with E-state index in [0.717, 1.165) is 22.3 Å². The molecular weight excluding hydrogens is 364 g/mol. The Kier molecular flexibility index (Phi) is 6.59. The van der Waals surface area contributed by atoms with Crippen LogP contribution in [0.2, 0.25) is 0 Å². The number of fused-ring (bicyclic) bond motifs is 3. The molecule has 8 heteroatoms. The number of amides is 2. The van der Waals surface area contributed by atoms with Gasteiger partial charge in [0.05, 0.1) is 26.4 Å². The minimum Gasteiger partial charge on any atom is -0.447 e. The zero-order valence-corrected chi connectivity index (χ0v) is 15.2. The average molecular weight is 386 g/mol. The second kappa shape index (κ2) is 9.32. The highest BCUT2D eigenvalue weighted by Gasteiger charge is 2.32. The molecule has 1 aliphatic carbocycles. The van der Waals surface area contributed by atoms with Crippen molar-refractivity contribution < 1.29 is 29.0 Å². The van der Waals surface area contributed by atoms with Gasteiger partial charge in [0.2, 0.25) is 5.91 Å². The third-order valence-corrected chi connectivity index (χ3v) is 4.45. The van der Waals surface area contributed by atoms with Crippen LogP contribution in [0.15, 0.2) is 42.5 Å². The molecule has 148 valence electrons. The van der Waals surface area contributed by atoms with Gasteiger partial charge in [0.1, 0.15) is 6.61 Å². The van der Waals surface area contributed by atoms with Gasteiger partial charge in [-0.05, 0) is 28.3 Å². The van der Waals surface area contributed by atoms with Gasteiger partial charge in [-0.1, -0.05) is 36.4 Å². The van der Waals surface area contributed by atoms with Crippen molar-refractivity contribution >= 4 is 12.0 Å². The molecule has 0 heterocycles. The maximum Gasteiger partial charge on any atom is 0.431 e. The molecule has 0 saturated carbocycles. The summed E-state index contributed by atoms with van der Waals surface area (Å²) in [7, 11) is 0. The number of primary amides is 1. The topological polar surface area (TPSA) is 120 Å². The summed E-state index contributed by atoms with van der Waals surface area (Å²) < 4.78 is 10.3. The Labute approximate surface area is 162 Å². The van der Waals surface area contributed by atoms with Crippen molar-refractivity contribution in [2.75, 3.05) is 33.0 Å². The number of benzene rings is 2. The summed E-state index contributed by atoms with van der Waals surface area (Å²) in [6, 6.07) is 13.1. The lowest BCUT2D eigenvalue weighted by molar-refractivity contribution is -0.0118. The monoisotopic (exact) mass is 386 g/mol. The van der Waals surface area contributed by atoms with E-state index in [9.17, 15) is 9.59 Å². The lowest BCUT2D eigenvalue weighted by Gasteiger charge is -2.16. The first kappa shape index (κ1) is 19.8. The third-order valence-electron chi connectivity index (χ3n) is 4.45. The summed E-state index contributed by atoms with van der Waals surface area (Å²) in [5, 5.41) is 8.59. The van der Waals surface area contributed by atoms with Crippen LogP contribution in [0.1, 0.15) is 27.4 Å². The van der Waals surface area contributed by atoms with E-state index in [1.165, 1.54) is 0 Å². The number of hydrogen-bond donors (Lipinski definition) is 3. The maximum atomic E-state index is 11.9.